The average Bonchev–Trinajstić information content (AvgIpc) is 2.66. The molecule has 1 heterocycles. The molecular weight excluding hydrogens is 398 g/mol. The van der Waals surface area contributed by atoms with Gasteiger partial charge in [-0.05, 0) is 19.4 Å². The van der Waals surface area contributed by atoms with Crippen molar-refractivity contribution >= 4 is 41.3 Å². The third kappa shape index (κ3) is 7.65. The summed E-state index contributed by atoms with van der Waals surface area (Å²) in [6.45, 7) is 4.04. The summed E-state index contributed by atoms with van der Waals surface area (Å²) in [4.78, 5) is 31.1. The van der Waals surface area contributed by atoms with E-state index in [0.717, 1.165) is 34.5 Å². The number of hydrogen-bond acceptors (Lipinski definition) is 8. The van der Waals surface area contributed by atoms with Gasteiger partial charge in [0.15, 0.2) is 5.16 Å². The Bertz CT molecular complexity index is 861. The molecule has 0 saturated heterocycles. The van der Waals surface area contributed by atoms with Gasteiger partial charge in [-0.1, -0.05) is 49.0 Å². The molecule has 0 fully saturated rings. The smallest absolute Gasteiger partial charge is 0.270 e. The molecule has 8 nitrogen and oxygen atoms in total. The Morgan fingerprint density at radius 3 is 2.89 bits per heavy atom. The largest absolute Gasteiger partial charge is 0.272 e. The molecule has 0 atom stereocenters. The van der Waals surface area contributed by atoms with Crippen LogP contribution in [-0.4, -0.2) is 38.5 Å². The molecule has 0 spiro atoms. The first-order chi connectivity index (χ1) is 13.5. The number of nitrogens with one attached hydrogen (secondary N) is 1. The van der Waals surface area contributed by atoms with E-state index in [4.69, 9.17) is 0 Å². The molecule has 0 saturated carbocycles. The van der Waals surface area contributed by atoms with Crippen LogP contribution in [0.1, 0.15) is 31.0 Å². The second-order valence-electron chi connectivity index (χ2n) is 5.77. The van der Waals surface area contributed by atoms with Crippen LogP contribution in [0, 0.1) is 17.0 Å². The minimum absolute atomic E-state index is 0.0300. The fourth-order valence-corrected chi connectivity index (χ4v) is 3.82. The van der Waals surface area contributed by atoms with E-state index >= 15 is 0 Å². The van der Waals surface area contributed by atoms with E-state index in [9.17, 15) is 14.9 Å². The predicted molar refractivity (Wildman–Crippen MR) is 112 cm³/mol. The molecule has 148 valence electrons. The number of hydrogen-bond donors (Lipinski definition) is 1. The summed E-state index contributed by atoms with van der Waals surface area (Å²) in [5.41, 5.74) is 3.77. The number of benzene rings is 1. The lowest BCUT2D eigenvalue weighted by molar-refractivity contribution is -0.384. The molecule has 0 radical (unpaired) electrons. The molecule has 28 heavy (non-hydrogen) atoms. The van der Waals surface area contributed by atoms with Gasteiger partial charge in [-0.2, -0.15) is 5.10 Å². The lowest BCUT2D eigenvalue weighted by Gasteiger charge is -2.05. The normalized spacial score (nSPS) is 10.9. The molecular formula is C18H21N5O3S2. The van der Waals surface area contributed by atoms with E-state index in [2.05, 4.69) is 27.4 Å². The van der Waals surface area contributed by atoms with Crippen LogP contribution in [0.2, 0.25) is 0 Å². The Labute approximate surface area is 171 Å². The minimum atomic E-state index is -0.481. The zero-order valence-corrected chi connectivity index (χ0v) is 17.3. The molecule has 0 aliphatic heterocycles. The predicted octanol–water partition coefficient (Wildman–Crippen LogP) is 3.83. The minimum Gasteiger partial charge on any atom is -0.272 e. The van der Waals surface area contributed by atoms with Gasteiger partial charge in [0.2, 0.25) is 5.91 Å². The van der Waals surface area contributed by atoms with Gasteiger partial charge in [0.05, 0.1) is 16.9 Å². The number of unbranched alkanes of at least 4 members (excludes halogenated alkanes) is 1. The monoisotopic (exact) mass is 419 g/mol. The molecule has 2 aromatic rings. The van der Waals surface area contributed by atoms with Crippen molar-refractivity contribution in [1.82, 2.24) is 15.4 Å². The number of rotatable bonds is 10. The summed E-state index contributed by atoms with van der Waals surface area (Å²) in [6.07, 6.45) is 3.60. The van der Waals surface area contributed by atoms with Crippen molar-refractivity contribution in [2.45, 2.75) is 36.9 Å². The van der Waals surface area contributed by atoms with Crippen LogP contribution in [0.15, 0.2) is 45.6 Å². The topological polar surface area (TPSA) is 110 Å². The first-order valence-electron chi connectivity index (χ1n) is 8.65. The number of thioether (sulfide) groups is 2. The van der Waals surface area contributed by atoms with Crippen LogP contribution in [0.3, 0.4) is 0 Å². The van der Waals surface area contributed by atoms with Crippen molar-refractivity contribution in [2.75, 3.05) is 11.5 Å². The molecule has 1 amide bonds. The van der Waals surface area contributed by atoms with Gasteiger partial charge in [-0.3, -0.25) is 14.9 Å². The molecule has 1 aromatic heterocycles. The molecule has 0 aliphatic rings. The Morgan fingerprint density at radius 1 is 1.32 bits per heavy atom. The van der Waals surface area contributed by atoms with Gasteiger partial charge in [0, 0.05) is 29.1 Å². The fourth-order valence-electron chi connectivity index (χ4n) is 2.03. The van der Waals surface area contributed by atoms with Crippen molar-refractivity contribution in [3.05, 3.63) is 51.7 Å². The summed E-state index contributed by atoms with van der Waals surface area (Å²) in [5, 5.41) is 16.1. The third-order valence-electron chi connectivity index (χ3n) is 3.37. The molecule has 1 aromatic carbocycles. The number of aryl methyl sites for hydroxylation is 1. The number of nitrogens with zero attached hydrogens (tertiary/aromatic N) is 4. The zero-order valence-electron chi connectivity index (χ0n) is 15.6. The fraction of sp³-hybridized carbons (Fsp3) is 0.333. The summed E-state index contributed by atoms with van der Waals surface area (Å²) in [5.74, 6) is 0.835. The summed E-state index contributed by atoms with van der Waals surface area (Å²) in [7, 11) is 0. The lowest BCUT2D eigenvalue weighted by atomic mass is 10.2. The Kier molecular flexibility index (Phi) is 8.89. The number of carbonyl (C=O) groups excluding carboxylic acids is 1. The third-order valence-corrected chi connectivity index (χ3v) is 5.22. The number of aromatic nitrogens is 2. The molecule has 0 aliphatic carbocycles. The van der Waals surface area contributed by atoms with Crippen molar-refractivity contribution in [1.29, 1.82) is 0 Å². The van der Waals surface area contributed by atoms with Crippen LogP contribution in [-0.2, 0) is 4.79 Å². The summed E-state index contributed by atoms with van der Waals surface area (Å²) < 4.78 is 0. The standard InChI is InChI=1S/C18H21N5O3S2/c1-3-4-8-27-18-20-13(2)9-17(21-18)28-12-16(24)22-19-11-14-6-5-7-15(10-14)23(25)26/h5-7,9-11H,3-4,8,12H2,1-2H3,(H,22,24). The van der Waals surface area contributed by atoms with Crippen LogP contribution in [0.4, 0.5) is 5.69 Å². The second kappa shape index (κ2) is 11.4. The van der Waals surface area contributed by atoms with E-state index in [-0.39, 0.29) is 17.3 Å². The number of carbonyl (C=O) groups is 1. The van der Waals surface area contributed by atoms with Crippen molar-refractivity contribution in [3.63, 3.8) is 0 Å². The number of nitro groups is 1. The van der Waals surface area contributed by atoms with E-state index in [1.807, 2.05) is 13.0 Å². The van der Waals surface area contributed by atoms with Crippen LogP contribution in [0.5, 0.6) is 0 Å². The van der Waals surface area contributed by atoms with Gasteiger partial charge < -0.3 is 0 Å². The van der Waals surface area contributed by atoms with Gasteiger partial charge in [0.25, 0.3) is 5.69 Å². The Hall–Kier alpha value is -2.46. The highest BCUT2D eigenvalue weighted by atomic mass is 32.2. The van der Waals surface area contributed by atoms with Gasteiger partial charge in [-0.25, -0.2) is 15.4 Å². The summed E-state index contributed by atoms with van der Waals surface area (Å²) >= 11 is 2.92. The van der Waals surface area contributed by atoms with E-state index < -0.39 is 4.92 Å². The Balaban J connectivity index is 1.85. The lowest BCUT2D eigenvalue weighted by Crippen LogP contribution is -2.19. The number of non-ortho nitro benzene ring substituents is 1. The Morgan fingerprint density at radius 2 is 2.14 bits per heavy atom. The highest BCUT2D eigenvalue weighted by Crippen LogP contribution is 2.21. The molecule has 0 unspecified atom stereocenters. The van der Waals surface area contributed by atoms with Gasteiger partial charge in [-0.15, -0.1) is 0 Å². The highest BCUT2D eigenvalue weighted by Gasteiger charge is 2.07. The number of nitro benzene ring substituents is 1. The first-order valence-corrected chi connectivity index (χ1v) is 10.6. The van der Waals surface area contributed by atoms with Crippen molar-refractivity contribution in [2.24, 2.45) is 5.10 Å². The van der Waals surface area contributed by atoms with Crippen LogP contribution < -0.4 is 5.43 Å². The maximum absolute atomic E-state index is 12.0. The number of amides is 1. The molecule has 1 N–H and O–H groups in total. The molecule has 2 rings (SSSR count). The van der Waals surface area contributed by atoms with Gasteiger partial charge >= 0.3 is 0 Å². The van der Waals surface area contributed by atoms with Crippen molar-refractivity contribution < 1.29 is 9.72 Å². The average molecular weight is 420 g/mol. The molecule has 10 heteroatoms. The van der Waals surface area contributed by atoms with Crippen LogP contribution in [0.25, 0.3) is 0 Å². The summed E-state index contributed by atoms with van der Waals surface area (Å²) in [6, 6.07) is 7.84. The van der Waals surface area contributed by atoms with E-state index in [1.165, 1.54) is 30.1 Å². The molecule has 0 bridgehead atoms. The van der Waals surface area contributed by atoms with Crippen molar-refractivity contribution in [3.8, 4) is 0 Å². The van der Waals surface area contributed by atoms with Crippen LogP contribution >= 0.6 is 23.5 Å². The maximum Gasteiger partial charge on any atom is 0.270 e. The van der Waals surface area contributed by atoms with E-state index in [1.54, 1.807) is 23.9 Å². The highest BCUT2D eigenvalue weighted by molar-refractivity contribution is 8.00. The second-order valence-corrected chi connectivity index (χ2v) is 7.82. The van der Waals surface area contributed by atoms with Gasteiger partial charge in [0.1, 0.15) is 5.03 Å². The SMILES string of the molecule is CCCCSc1nc(C)cc(SCC(=O)NN=Cc2cccc([N+](=O)[O-])c2)n1. The maximum atomic E-state index is 12.0. The zero-order chi connectivity index (χ0) is 20.4. The first kappa shape index (κ1) is 21.8. The van der Waals surface area contributed by atoms with E-state index in [0.29, 0.717) is 5.56 Å². The quantitative estimate of drug-likeness (QED) is 0.118. The number of hydrazone groups is 1.